The number of rotatable bonds is 5. The summed E-state index contributed by atoms with van der Waals surface area (Å²) in [7, 11) is 0. The first-order valence-corrected chi connectivity index (χ1v) is 6.57. The van der Waals surface area contributed by atoms with E-state index in [0.717, 1.165) is 0 Å². The van der Waals surface area contributed by atoms with Gasteiger partial charge in [0.05, 0.1) is 16.7 Å². The molecule has 0 aliphatic heterocycles. The van der Waals surface area contributed by atoms with Gasteiger partial charge in [0.2, 0.25) is 0 Å². The monoisotopic (exact) mass is 289 g/mol. The number of amides is 1. The van der Waals surface area contributed by atoms with Crippen LogP contribution < -0.4 is 5.32 Å². The zero-order valence-electron chi connectivity index (χ0n) is 10.4. The van der Waals surface area contributed by atoms with E-state index >= 15 is 0 Å². The number of aliphatic hydroxyl groups is 1. The molecule has 2 atom stereocenters. The molecule has 0 saturated carbocycles. The number of hydrogen-bond donors (Lipinski definition) is 2. The predicted molar refractivity (Wildman–Crippen MR) is 74.3 cm³/mol. The molecule has 1 aromatic carbocycles. The lowest BCUT2D eigenvalue weighted by atomic mass is 10.0. The van der Waals surface area contributed by atoms with Crippen LogP contribution in [-0.2, 0) is 0 Å². The van der Waals surface area contributed by atoms with Gasteiger partial charge in [-0.25, -0.2) is 0 Å². The fourth-order valence-electron chi connectivity index (χ4n) is 1.70. The first-order valence-electron chi connectivity index (χ1n) is 5.81. The first-order chi connectivity index (χ1) is 8.40. The first kappa shape index (κ1) is 15.3. The molecule has 2 unspecified atom stereocenters. The molecule has 0 saturated heterocycles. The van der Waals surface area contributed by atoms with Crippen molar-refractivity contribution in [3.05, 3.63) is 33.8 Å². The Labute approximate surface area is 117 Å². The fourth-order valence-corrected chi connectivity index (χ4v) is 2.20. The Morgan fingerprint density at radius 3 is 2.61 bits per heavy atom. The SMILES string of the molecule is CC(O)CC(C)CNC(=O)c1ccc(Cl)cc1Cl. The van der Waals surface area contributed by atoms with Crippen LogP contribution in [0.5, 0.6) is 0 Å². The van der Waals surface area contributed by atoms with E-state index in [0.29, 0.717) is 28.6 Å². The van der Waals surface area contributed by atoms with Crippen molar-refractivity contribution in [1.82, 2.24) is 5.32 Å². The van der Waals surface area contributed by atoms with Gasteiger partial charge in [-0.1, -0.05) is 30.1 Å². The van der Waals surface area contributed by atoms with Crippen molar-refractivity contribution in [2.24, 2.45) is 5.92 Å². The van der Waals surface area contributed by atoms with E-state index in [-0.39, 0.29) is 17.9 Å². The smallest absolute Gasteiger partial charge is 0.252 e. The van der Waals surface area contributed by atoms with E-state index in [4.69, 9.17) is 23.2 Å². The van der Waals surface area contributed by atoms with Gasteiger partial charge in [-0.3, -0.25) is 4.79 Å². The van der Waals surface area contributed by atoms with Crippen molar-refractivity contribution < 1.29 is 9.90 Å². The second-order valence-electron chi connectivity index (χ2n) is 4.52. The molecule has 1 aromatic rings. The van der Waals surface area contributed by atoms with Crippen molar-refractivity contribution in [1.29, 1.82) is 0 Å². The van der Waals surface area contributed by atoms with Crippen LogP contribution in [0.4, 0.5) is 0 Å². The summed E-state index contributed by atoms with van der Waals surface area (Å²) >= 11 is 11.7. The topological polar surface area (TPSA) is 49.3 Å². The van der Waals surface area contributed by atoms with E-state index in [1.54, 1.807) is 19.1 Å². The van der Waals surface area contributed by atoms with Gasteiger partial charge < -0.3 is 10.4 Å². The number of halogens is 2. The Morgan fingerprint density at radius 1 is 1.39 bits per heavy atom. The van der Waals surface area contributed by atoms with Gasteiger partial charge in [0, 0.05) is 11.6 Å². The molecule has 0 radical (unpaired) electrons. The third kappa shape index (κ3) is 4.84. The standard InChI is InChI=1S/C13H17Cl2NO2/c1-8(5-9(2)17)7-16-13(18)11-4-3-10(14)6-12(11)15/h3-4,6,8-9,17H,5,7H2,1-2H3,(H,16,18). The number of hydrogen-bond acceptors (Lipinski definition) is 2. The van der Waals surface area contributed by atoms with Crippen LogP contribution in [0.2, 0.25) is 10.0 Å². The molecule has 1 amide bonds. The highest BCUT2D eigenvalue weighted by Crippen LogP contribution is 2.20. The van der Waals surface area contributed by atoms with Gasteiger partial charge in [0.15, 0.2) is 0 Å². The Hall–Kier alpha value is -0.770. The van der Waals surface area contributed by atoms with Gasteiger partial charge >= 0.3 is 0 Å². The summed E-state index contributed by atoms with van der Waals surface area (Å²) < 4.78 is 0. The summed E-state index contributed by atoms with van der Waals surface area (Å²) in [5.41, 5.74) is 0.408. The summed E-state index contributed by atoms with van der Waals surface area (Å²) in [5.74, 6) is -0.0193. The van der Waals surface area contributed by atoms with Crippen LogP contribution in [0.3, 0.4) is 0 Å². The molecule has 0 fully saturated rings. The van der Waals surface area contributed by atoms with Crippen LogP contribution in [0.15, 0.2) is 18.2 Å². The van der Waals surface area contributed by atoms with E-state index in [2.05, 4.69) is 5.32 Å². The maximum atomic E-state index is 11.9. The average molecular weight is 290 g/mol. The molecule has 5 heteroatoms. The van der Waals surface area contributed by atoms with Crippen LogP contribution in [-0.4, -0.2) is 23.7 Å². The summed E-state index contributed by atoms with van der Waals surface area (Å²) in [6.45, 7) is 4.20. The van der Waals surface area contributed by atoms with E-state index in [9.17, 15) is 9.90 Å². The van der Waals surface area contributed by atoms with Gasteiger partial charge in [0.1, 0.15) is 0 Å². The van der Waals surface area contributed by atoms with Gasteiger partial charge in [-0.2, -0.15) is 0 Å². The van der Waals surface area contributed by atoms with Crippen molar-refractivity contribution in [3.8, 4) is 0 Å². The maximum absolute atomic E-state index is 11.9. The Bertz CT molecular complexity index is 421. The second-order valence-corrected chi connectivity index (χ2v) is 5.37. The number of carbonyl (C=O) groups excluding carboxylic acids is 1. The van der Waals surface area contributed by atoms with E-state index in [1.165, 1.54) is 6.07 Å². The summed E-state index contributed by atoms with van der Waals surface area (Å²) in [5, 5.41) is 12.9. The lowest BCUT2D eigenvalue weighted by molar-refractivity contribution is 0.0939. The normalized spacial score (nSPS) is 14.1. The zero-order chi connectivity index (χ0) is 13.7. The van der Waals surface area contributed by atoms with Crippen molar-refractivity contribution in [2.45, 2.75) is 26.4 Å². The van der Waals surface area contributed by atoms with Crippen molar-refractivity contribution in [2.75, 3.05) is 6.54 Å². The maximum Gasteiger partial charge on any atom is 0.252 e. The molecule has 2 N–H and O–H groups in total. The number of aliphatic hydroxyl groups excluding tert-OH is 1. The number of benzene rings is 1. The predicted octanol–water partition coefficient (Wildman–Crippen LogP) is 3.13. The minimum atomic E-state index is -0.365. The van der Waals surface area contributed by atoms with Crippen LogP contribution in [0.25, 0.3) is 0 Å². The van der Waals surface area contributed by atoms with E-state index in [1.807, 2.05) is 6.92 Å². The molecule has 100 valence electrons. The number of carbonyl (C=O) groups is 1. The van der Waals surface area contributed by atoms with Gasteiger partial charge in [-0.05, 0) is 37.5 Å². The molecule has 0 aliphatic rings. The van der Waals surface area contributed by atoms with E-state index < -0.39 is 0 Å². The van der Waals surface area contributed by atoms with Crippen LogP contribution >= 0.6 is 23.2 Å². The molecule has 18 heavy (non-hydrogen) atoms. The largest absolute Gasteiger partial charge is 0.393 e. The van der Waals surface area contributed by atoms with Crippen molar-refractivity contribution in [3.63, 3.8) is 0 Å². The summed E-state index contributed by atoms with van der Waals surface area (Å²) in [6, 6.07) is 4.76. The van der Waals surface area contributed by atoms with Gasteiger partial charge in [-0.15, -0.1) is 0 Å². The highest BCUT2D eigenvalue weighted by molar-refractivity contribution is 6.36. The zero-order valence-corrected chi connectivity index (χ0v) is 11.9. The molecule has 0 aliphatic carbocycles. The molecule has 0 spiro atoms. The quantitative estimate of drug-likeness (QED) is 0.875. The lowest BCUT2D eigenvalue weighted by Crippen LogP contribution is -2.29. The molecule has 0 heterocycles. The Morgan fingerprint density at radius 2 is 2.06 bits per heavy atom. The van der Waals surface area contributed by atoms with Crippen LogP contribution in [0, 0.1) is 5.92 Å². The Kier molecular flexibility index (Phi) is 5.93. The highest BCUT2D eigenvalue weighted by atomic mass is 35.5. The average Bonchev–Trinajstić information content (AvgIpc) is 2.25. The summed E-state index contributed by atoms with van der Waals surface area (Å²) in [6.07, 6.45) is 0.283. The minimum Gasteiger partial charge on any atom is -0.393 e. The van der Waals surface area contributed by atoms with Gasteiger partial charge in [0.25, 0.3) is 5.91 Å². The molecule has 0 aromatic heterocycles. The molecule has 1 rings (SSSR count). The lowest BCUT2D eigenvalue weighted by Gasteiger charge is -2.14. The summed E-state index contributed by atoms with van der Waals surface area (Å²) in [4.78, 5) is 11.9. The third-order valence-corrected chi connectivity index (χ3v) is 3.08. The molecular weight excluding hydrogens is 273 g/mol. The molecule has 3 nitrogen and oxygen atoms in total. The second kappa shape index (κ2) is 6.98. The fraction of sp³-hybridized carbons (Fsp3) is 0.462. The Balaban J connectivity index is 2.55. The molecule has 0 bridgehead atoms. The highest BCUT2D eigenvalue weighted by Gasteiger charge is 2.12. The molecular formula is C13H17Cl2NO2. The minimum absolute atomic E-state index is 0.208. The number of nitrogens with one attached hydrogen (secondary N) is 1. The third-order valence-electron chi connectivity index (χ3n) is 2.53. The van der Waals surface area contributed by atoms with Crippen LogP contribution in [0.1, 0.15) is 30.6 Å². The van der Waals surface area contributed by atoms with Crippen molar-refractivity contribution >= 4 is 29.1 Å².